The quantitative estimate of drug-likeness (QED) is 0.372. The van der Waals surface area contributed by atoms with Crippen LogP contribution in [0.15, 0.2) is 29.4 Å². The lowest BCUT2D eigenvalue weighted by molar-refractivity contribution is 0.894. The zero-order valence-electron chi connectivity index (χ0n) is 7.52. The van der Waals surface area contributed by atoms with Crippen molar-refractivity contribution in [1.82, 2.24) is 5.43 Å². The van der Waals surface area contributed by atoms with Crippen molar-refractivity contribution in [2.45, 2.75) is 20.3 Å². The number of hydrogen-bond donors (Lipinski definition) is 1. The molecule has 0 heterocycles. The summed E-state index contributed by atoms with van der Waals surface area (Å²) in [5, 5.41) is 4.07. The van der Waals surface area contributed by atoms with Crippen molar-refractivity contribution in [3.63, 3.8) is 0 Å². The molecule has 0 spiro atoms. The van der Waals surface area contributed by atoms with Crippen molar-refractivity contribution >= 4 is 5.71 Å². The Kier molecular flexibility index (Phi) is 5.17. The van der Waals surface area contributed by atoms with Gasteiger partial charge in [0.05, 0.1) is 5.71 Å². The van der Waals surface area contributed by atoms with E-state index < -0.39 is 0 Å². The molecule has 2 nitrogen and oxygen atoms in total. The standard InChI is InChI=1S/C9H16N2/c1-5-8(3)7-9(6-2)11-10-4/h5,7,10H,1,6H2,2-4H3/b8-7-,11-9-. The predicted octanol–water partition coefficient (Wildman–Crippen LogP) is 2.10. The number of hydrogen-bond acceptors (Lipinski definition) is 2. The van der Waals surface area contributed by atoms with E-state index in [-0.39, 0.29) is 0 Å². The Balaban J connectivity index is 4.28. The van der Waals surface area contributed by atoms with E-state index in [2.05, 4.69) is 24.0 Å². The molecule has 0 rings (SSSR count). The lowest BCUT2D eigenvalue weighted by Crippen LogP contribution is -2.01. The van der Waals surface area contributed by atoms with Gasteiger partial charge >= 0.3 is 0 Å². The van der Waals surface area contributed by atoms with E-state index >= 15 is 0 Å². The zero-order valence-corrected chi connectivity index (χ0v) is 7.52. The average Bonchev–Trinajstić information content (AvgIpc) is 2.03. The van der Waals surface area contributed by atoms with Gasteiger partial charge < -0.3 is 5.43 Å². The number of nitrogens with zero attached hydrogens (tertiary/aromatic N) is 1. The largest absolute Gasteiger partial charge is 0.313 e. The smallest absolute Gasteiger partial charge is 0.0602 e. The Labute approximate surface area is 68.7 Å². The summed E-state index contributed by atoms with van der Waals surface area (Å²) in [5.74, 6) is 0. The van der Waals surface area contributed by atoms with Gasteiger partial charge in [-0.05, 0) is 25.0 Å². The molecule has 0 atom stereocenters. The molecule has 0 amide bonds. The number of hydrazone groups is 1. The normalized spacial score (nSPS) is 13.0. The summed E-state index contributed by atoms with van der Waals surface area (Å²) in [5.41, 5.74) is 4.94. The van der Waals surface area contributed by atoms with E-state index in [0.29, 0.717) is 0 Å². The van der Waals surface area contributed by atoms with Crippen molar-refractivity contribution < 1.29 is 0 Å². The molecule has 0 saturated heterocycles. The highest BCUT2D eigenvalue weighted by Gasteiger charge is 1.89. The minimum Gasteiger partial charge on any atom is -0.313 e. The predicted molar refractivity (Wildman–Crippen MR) is 50.7 cm³/mol. The molecule has 0 radical (unpaired) electrons. The molecule has 0 aromatic carbocycles. The van der Waals surface area contributed by atoms with Gasteiger partial charge in [0.25, 0.3) is 0 Å². The number of rotatable bonds is 4. The van der Waals surface area contributed by atoms with Crippen molar-refractivity contribution in [3.05, 3.63) is 24.3 Å². The zero-order chi connectivity index (χ0) is 8.69. The number of nitrogens with one attached hydrogen (secondary N) is 1. The Morgan fingerprint density at radius 2 is 2.27 bits per heavy atom. The van der Waals surface area contributed by atoms with Gasteiger partial charge in [-0.1, -0.05) is 19.6 Å². The van der Waals surface area contributed by atoms with Crippen molar-refractivity contribution in [1.29, 1.82) is 0 Å². The third kappa shape index (κ3) is 4.37. The lowest BCUT2D eigenvalue weighted by atomic mass is 10.2. The van der Waals surface area contributed by atoms with Crippen LogP contribution in [0.5, 0.6) is 0 Å². The summed E-state index contributed by atoms with van der Waals surface area (Å²) in [6.07, 6.45) is 4.77. The molecule has 62 valence electrons. The van der Waals surface area contributed by atoms with Gasteiger partial charge in [0.1, 0.15) is 0 Å². The first-order valence-corrected chi connectivity index (χ1v) is 3.78. The molecular formula is C9H16N2. The number of allylic oxidation sites excluding steroid dienone is 3. The summed E-state index contributed by atoms with van der Waals surface area (Å²) in [7, 11) is 1.80. The maximum absolute atomic E-state index is 4.07. The fraction of sp³-hybridized carbons (Fsp3) is 0.444. The van der Waals surface area contributed by atoms with Gasteiger partial charge in [-0.2, -0.15) is 5.10 Å². The molecule has 11 heavy (non-hydrogen) atoms. The van der Waals surface area contributed by atoms with E-state index in [1.165, 1.54) is 0 Å². The van der Waals surface area contributed by atoms with E-state index in [1.54, 1.807) is 7.05 Å². The van der Waals surface area contributed by atoms with Crippen LogP contribution in [0, 0.1) is 0 Å². The van der Waals surface area contributed by atoms with Crippen LogP contribution in [0.4, 0.5) is 0 Å². The Hall–Kier alpha value is -1.05. The van der Waals surface area contributed by atoms with Gasteiger partial charge in [-0.25, -0.2) is 0 Å². The first kappa shape index (κ1) is 9.95. The van der Waals surface area contributed by atoms with Crippen LogP contribution < -0.4 is 5.43 Å². The summed E-state index contributed by atoms with van der Waals surface area (Å²) >= 11 is 0. The van der Waals surface area contributed by atoms with Crippen LogP contribution in [0.3, 0.4) is 0 Å². The minimum absolute atomic E-state index is 0.937. The molecule has 0 bridgehead atoms. The second-order valence-corrected chi connectivity index (χ2v) is 2.27. The minimum atomic E-state index is 0.937. The van der Waals surface area contributed by atoms with Crippen LogP contribution in [0.2, 0.25) is 0 Å². The second kappa shape index (κ2) is 5.71. The molecule has 0 aromatic heterocycles. The van der Waals surface area contributed by atoms with E-state index in [9.17, 15) is 0 Å². The maximum atomic E-state index is 4.07. The third-order valence-corrected chi connectivity index (χ3v) is 1.33. The van der Waals surface area contributed by atoms with Crippen LogP contribution in [-0.4, -0.2) is 12.8 Å². The van der Waals surface area contributed by atoms with Crippen LogP contribution in [0.1, 0.15) is 20.3 Å². The topological polar surface area (TPSA) is 24.4 Å². The SMILES string of the molecule is C=C/C(C)=C\C(CC)=N/NC. The van der Waals surface area contributed by atoms with E-state index in [4.69, 9.17) is 0 Å². The summed E-state index contributed by atoms with van der Waals surface area (Å²) in [6, 6.07) is 0. The molecular weight excluding hydrogens is 136 g/mol. The van der Waals surface area contributed by atoms with Crippen molar-refractivity contribution in [3.8, 4) is 0 Å². The van der Waals surface area contributed by atoms with Gasteiger partial charge in [0.15, 0.2) is 0 Å². The van der Waals surface area contributed by atoms with Crippen LogP contribution in [0.25, 0.3) is 0 Å². The van der Waals surface area contributed by atoms with Crippen LogP contribution in [-0.2, 0) is 0 Å². The highest BCUT2D eigenvalue weighted by Crippen LogP contribution is 1.96. The van der Waals surface area contributed by atoms with Crippen molar-refractivity contribution in [2.24, 2.45) is 5.10 Å². The fourth-order valence-corrected chi connectivity index (χ4v) is 0.679. The van der Waals surface area contributed by atoms with Gasteiger partial charge in [-0.15, -0.1) is 0 Å². The third-order valence-electron chi connectivity index (χ3n) is 1.33. The molecule has 1 N–H and O–H groups in total. The van der Waals surface area contributed by atoms with Gasteiger partial charge in [0, 0.05) is 7.05 Å². The average molecular weight is 152 g/mol. The molecule has 0 aliphatic heterocycles. The Morgan fingerprint density at radius 3 is 2.64 bits per heavy atom. The molecule has 0 aromatic rings. The van der Waals surface area contributed by atoms with E-state index in [1.807, 2.05) is 19.1 Å². The highest BCUT2D eigenvalue weighted by atomic mass is 15.3. The summed E-state index contributed by atoms with van der Waals surface area (Å²) < 4.78 is 0. The monoisotopic (exact) mass is 152 g/mol. The molecule has 2 heteroatoms. The van der Waals surface area contributed by atoms with Gasteiger partial charge in [-0.3, -0.25) is 0 Å². The summed E-state index contributed by atoms with van der Waals surface area (Å²) in [4.78, 5) is 0. The first-order valence-electron chi connectivity index (χ1n) is 3.78. The molecule has 0 aliphatic rings. The van der Waals surface area contributed by atoms with Crippen LogP contribution >= 0.6 is 0 Å². The maximum Gasteiger partial charge on any atom is 0.0602 e. The highest BCUT2D eigenvalue weighted by molar-refractivity contribution is 5.95. The Bertz CT molecular complexity index is 178. The van der Waals surface area contributed by atoms with Gasteiger partial charge in [0.2, 0.25) is 0 Å². The fourth-order valence-electron chi connectivity index (χ4n) is 0.679. The summed E-state index contributed by atoms with van der Waals surface area (Å²) in [6.45, 7) is 7.74. The second-order valence-electron chi connectivity index (χ2n) is 2.27. The first-order chi connectivity index (χ1) is 5.24. The van der Waals surface area contributed by atoms with E-state index in [0.717, 1.165) is 17.7 Å². The van der Waals surface area contributed by atoms with Crippen molar-refractivity contribution in [2.75, 3.05) is 7.05 Å². The molecule has 0 aliphatic carbocycles. The Morgan fingerprint density at radius 1 is 1.64 bits per heavy atom. The molecule has 0 saturated carbocycles. The molecule has 0 fully saturated rings. The lowest BCUT2D eigenvalue weighted by Gasteiger charge is -1.96. The molecule has 0 unspecified atom stereocenters.